The fourth-order valence-corrected chi connectivity index (χ4v) is 3.06. The minimum atomic E-state index is -0.317. The van der Waals surface area contributed by atoms with E-state index in [0.29, 0.717) is 23.9 Å². The lowest BCUT2D eigenvalue weighted by atomic mass is 10.1. The monoisotopic (exact) mass is 390 g/mol. The number of ether oxygens (including phenoxy) is 3. The van der Waals surface area contributed by atoms with Gasteiger partial charge >= 0.3 is 0 Å². The average molecular weight is 391 g/mol. The van der Waals surface area contributed by atoms with E-state index in [9.17, 15) is 4.79 Å². The van der Waals surface area contributed by atoms with Crippen molar-refractivity contribution in [3.63, 3.8) is 0 Å². The molecule has 27 heavy (non-hydrogen) atoms. The zero-order valence-electron chi connectivity index (χ0n) is 15.6. The molecule has 1 atom stereocenters. The number of rotatable bonds is 7. The molecule has 0 aliphatic carbocycles. The molecule has 0 saturated heterocycles. The molecule has 6 nitrogen and oxygen atoms in total. The van der Waals surface area contributed by atoms with Gasteiger partial charge in [-0.1, -0.05) is 17.7 Å². The second-order valence-electron chi connectivity index (χ2n) is 6.45. The number of carbonyl (C=O) groups excluding carboxylic acids is 1. The molecule has 144 valence electrons. The molecule has 1 amide bonds. The first-order valence-corrected chi connectivity index (χ1v) is 9.04. The number of likely N-dealkylation sites (N-methyl/N-ethyl adjacent to an activating group) is 1. The fraction of sp³-hybridized carbons (Fsp3) is 0.350. The lowest BCUT2D eigenvalue weighted by Gasteiger charge is -2.25. The quantitative estimate of drug-likeness (QED) is 0.786. The minimum Gasteiger partial charge on any atom is -0.496 e. The van der Waals surface area contributed by atoms with Gasteiger partial charge in [0.05, 0.1) is 13.2 Å². The van der Waals surface area contributed by atoms with Gasteiger partial charge in [-0.25, -0.2) is 0 Å². The van der Waals surface area contributed by atoms with Crippen molar-refractivity contribution in [3.05, 3.63) is 52.5 Å². The molecule has 2 aromatic carbocycles. The molecule has 1 aliphatic rings. The molecule has 3 rings (SSSR count). The fourth-order valence-electron chi connectivity index (χ4n) is 2.86. The first-order chi connectivity index (χ1) is 13.0. The molecule has 0 unspecified atom stereocenters. The summed E-state index contributed by atoms with van der Waals surface area (Å²) in [6.45, 7) is 3.07. The normalized spacial score (nSPS) is 13.5. The van der Waals surface area contributed by atoms with Crippen LogP contribution in [0.4, 0.5) is 0 Å². The molecule has 7 heteroatoms. The number of amides is 1. The average Bonchev–Trinajstić information content (AvgIpc) is 3.13. The van der Waals surface area contributed by atoms with E-state index in [1.165, 1.54) is 0 Å². The Morgan fingerprint density at radius 2 is 2.04 bits per heavy atom. The van der Waals surface area contributed by atoms with Crippen molar-refractivity contribution in [1.29, 1.82) is 0 Å². The van der Waals surface area contributed by atoms with E-state index in [0.717, 1.165) is 22.6 Å². The SMILES string of the molecule is COc1ccc(Cl)cc1CN(C)[C@H](C)C(=O)NCc1ccc2c(c1)OCO2. The van der Waals surface area contributed by atoms with E-state index < -0.39 is 0 Å². The highest BCUT2D eigenvalue weighted by Gasteiger charge is 2.20. The van der Waals surface area contributed by atoms with Crippen molar-refractivity contribution < 1.29 is 19.0 Å². The lowest BCUT2D eigenvalue weighted by Crippen LogP contribution is -2.42. The summed E-state index contributed by atoms with van der Waals surface area (Å²) in [7, 11) is 3.51. The Bertz CT molecular complexity index is 828. The first kappa shape index (κ1) is 19.3. The van der Waals surface area contributed by atoms with Crippen molar-refractivity contribution >= 4 is 17.5 Å². The number of methoxy groups -OCH3 is 1. The summed E-state index contributed by atoms with van der Waals surface area (Å²) in [6, 6.07) is 10.8. The van der Waals surface area contributed by atoms with Gasteiger partial charge in [0, 0.05) is 23.7 Å². The van der Waals surface area contributed by atoms with Crippen molar-refractivity contribution in [2.24, 2.45) is 0 Å². The summed E-state index contributed by atoms with van der Waals surface area (Å²) in [6.07, 6.45) is 0. The highest BCUT2D eigenvalue weighted by Crippen LogP contribution is 2.32. The number of nitrogens with zero attached hydrogens (tertiary/aromatic N) is 1. The van der Waals surface area contributed by atoms with Gasteiger partial charge in [-0.05, 0) is 49.9 Å². The van der Waals surface area contributed by atoms with E-state index >= 15 is 0 Å². The van der Waals surface area contributed by atoms with Gasteiger partial charge in [-0.3, -0.25) is 9.69 Å². The molecule has 0 aromatic heterocycles. The van der Waals surface area contributed by atoms with Crippen molar-refractivity contribution in [2.75, 3.05) is 21.0 Å². The lowest BCUT2D eigenvalue weighted by molar-refractivity contribution is -0.125. The minimum absolute atomic E-state index is 0.0591. The third kappa shape index (κ3) is 4.64. The highest BCUT2D eigenvalue weighted by molar-refractivity contribution is 6.30. The maximum absolute atomic E-state index is 12.5. The van der Waals surface area contributed by atoms with Crippen LogP contribution in [0.3, 0.4) is 0 Å². The van der Waals surface area contributed by atoms with Crippen LogP contribution < -0.4 is 19.5 Å². The summed E-state index contributed by atoms with van der Waals surface area (Å²) in [5, 5.41) is 3.60. The molecule has 1 aliphatic heterocycles. The summed E-state index contributed by atoms with van der Waals surface area (Å²) >= 11 is 6.08. The van der Waals surface area contributed by atoms with E-state index in [1.54, 1.807) is 13.2 Å². The van der Waals surface area contributed by atoms with Gasteiger partial charge < -0.3 is 19.5 Å². The molecule has 0 saturated carbocycles. The third-order valence-corrected chi connectivity index (χ3v) is 4.84. The van der Waals surface area contributed by atoms with Crippen LogP contribution in [0.1, 0.15) is 18.1 Å². The Morgan fingerprint density at radius 3 is 2.81 bits per heavy atom. The molecular weight excluding hydrogens is 368 g/mol. The smallest absolute Gasteiger partial charge is 0.237 e. The molecule has 1 N–H and O–H groups in total. The van der Waals surface area contributed by atoms with Crippen molar-refractivity contribution in [3.8, 4) is 17.2 Å². The maximum atomic E-state index is 12.5. The van der Waals surface area contributed by atoms with E-state index in [4.69, 9.17) is 25.8 Å². The maximum Gasteiger partial charge on any atom is 0.237 e. The number of benzene rings is 2. The topological polar surface area (TPSA) is 60.0 Å². The Morgan fingerprint density at radius 1 is 1.26 bits per heavy atom. The Kier molecular flexibility index (Phi) is 6.08. The van der Waals surface area contributed by atoms with E-state index in [2.05, 4.69) is 5.32 Å². The van der Waals surface area contributed by atoms with Gasteiger partial charge in [-0.15, -0.1) is 0 Å². The molecule has 0 radical (unpaired) electrons. The summed E-state index contributed by atoms with van der Waals surface area (Å²) in [5.74, 6) is 2.13. The van der Waals surface area contributed by atoms with Gasteiger partial charge in [-0.2, -0.15) is 0 Å². The summed E-state index contributed by atoms with van der Waals surface area (Å²) in [5.41, 5.74) is 1.89. The van der Waals surface area contributed by atoms with Crippen LogP contribution >= 0.6 is 11.6 Å². The number of hydrogen-bond donors (Lipinski definition) is 1. The predicted molar refractivity (Wildman–Crippen MR) is 103 cm³/mol. The van der Waals surface area contributed by atoms with Crippen LogP contribution in [-0.4, -0.2) is 37.8 Å². The molecule has 2 aromatic rings. The van der Waals surface area contributed by atoms with Gasteiger partial charge in [0.25, 0.3) is 0 Å². The number of carbonyl (C=O) groups is 1. The standard InChI is InChI=1S/C20H23ClN2O4/c1-13(23(2)11-15-9-16(21)5-7-17(15)25-3)20(24)22-10-14-4-6-18-19(8-14)27-12-26-18/h4-9,13H,10-12H2,1-3H3,(H,22,24)/t13-/m1/s1. The Balaban J connectivity index is 1.57. The van der Waals surface area contributed by atoms with Crippen LogP contribution in [-0.2, 0) is 17.9 Å². The van der Waals surface area contributed by atoms with Crippen LogP contribution in [0.2, 0.25) is 5.02 Å². The molecule has 0 spiro atoms. The Hall–Kier alpha value is -2.44. The largest absolute Gasteiger partial charge is 0.496 e. The number of nitrogens with one attached hydrogen (secondary N) is 1. The van der Waals surface area contributed by atoms with Crippen LogP contribution in [0.5, 0.6) is 17.2 Å². The number of hydrogen-bond acceptors (Lipinski definition) is 5. The zero-order chi connectivity index (χ0) is 19.4. The second-order valence-corrected chi connectivity index (χ2v) is 6.89. The Labute approximate surface area is 164 Å². The summed E-state index contributed by atoms with van der Waals surface area (Å²) in [4.78, 5) is 14.5. The zero-order valence-corrected chi connectivity index (χ0v) is 16.4. The van der Waals surface area contributed by atoms with Crippen molar-refractivity contribution in [2.45, 2.75) is 26.1 Å². The van der Waals surface area contributed by atoms with Crippen LogP contribution in [0.15, 0.2) is 36.4 Å². The molecule has 0 fully saturated rings. The van der Waals surface area contributed by atoms with E-state index in [1.807, 2.05) is 49.2 Å². The highest BCUT2D eigenvalue weighted by atomic mass is 35.5. The van der Waals surface area contributed by atoms with Crippen LogP contribution in [0, 0.1) is 0 Å². The number of fused-ring (bicyclic) bond motifs is 1. The molecule has 0 bridgehead atoms. The van der Waals surface area contributed by atoms with Crippen molar-refractivity contribution in [1.82, 2.24) is 10.2 Å². The second kappa shape index (κ2) is 8.50. The van der Waals surface area contributed by atoms with Gasteiger partial charge in [0.1, 0.15) is 5.75 Å². The molecular formula is C20H23ClN2O4. The predicted octanol–water partition coefficient (Wildman–Crippen LogP) is 3.21. The van der Waals surface area contributed by atoms with Gasteiger partial charge in [0.2, 0.25) is 12.7 Å². The van der Waals surface area contributed by atoms with Gasteiger partial charge in [0.15, 0.2) is 11.5 Å². The third-order valence-electron chi connectivity index (χ3n) is 4.61. The number of halogens is 1. The van der Waals surface area contributed by atoms with E-state index in [-0.39, 0.29) is 18.7 Å². The summed E-state index contributed by atoms with van der Waals surface area (Å²) < 4.78 is 16.0. The first-order valence-electron chi connectivity index (χ1n) is 8.67. The molecule has 1 heterocycles. The van der Waals surface area contributed by atoms with Crippen LogP contribution in [0.25, 0.3) is 0 Å².